The molecule has 18 heavy (non-hydrogen) atoms. The third kappa shape index (κ3) is 6.17. The molecule has 108 valence electrons. The van der Waals surface area contributed by atoms with Crippen LogP contribution in [0.4, 0.5) is 0 Å². The van der Waals surface area contributed by atoms with Crippen molar-refractivity contribution in [1.29, 1.82) is 0 Å². The molecule has 0 amide bonds. The average Bonchev–Trinajstić information content (AvgIpc) is 2.37. The Bertz CT molecular complexity index is 196. The van der Waals surface area contributed by atoms with E-state index in [1.807, 2.05) is 0 Å². The average molecular weight is 255 g/mol. The molecule has 0 aromatic heterocycles. The molecule has 0 saturated carbocycles. The largest absolute Gasteiger partial charge is 0.313 e. The van der Waals surface area contributed by atoms with Crippen molar-refractivity contribution in [2.75, 3.05) is 46.8 Å². The van der Waals surface area contributed by atoms with Crippen LogP contribution in [0.5, 0.6) is 0 Å². The number of hydrogen-bond acceptors (Lipinski definition) is 3. The van der Waals surface area contributed by atoms with Gasteiger partial charge in [0.05, 0.1) is 0 Å². The Hall–Kier alpha value is -0.120. The van der Waals surface area contributed by atoms with Crippen LogP contribution in [-0.2, 0) is 0 Å². The Kier molecular flexibility index (Phi) is 7.87. The van der Waals surface area contributed by atoms with Crippen molar-refractivity contribution in [3.63, 3.8) is 0 Å². The molecule has 3 heteroatoms. The van der Waals surface area contributed by atoms with Crippen LogP contribution < -0.4 is 5.32 Å². The summed E-state index contributed by atoms with van der Waals surface area (Å²) < 4.78 is 0. The van der Waals surface area contributed by atoms with Gasteiger partial charge in [-0.2, -0.15) is 0 Å². The van der Waals surface area contributed by atoms with Gasteiger partial charge in [-0.15, -0.1) is 0 Å². The first kappa shape index (κ1) is 15.9. The number of hydrogen-bond donors (Lipinski definition) is 1. The van der Waals surface area contributed by atoms with E-state index in [4.69, 9.17) is 0 Å². The highest BCUT2D eigenvalue weighted by Crippen LogP contribution is 2.16. The number of likely N-dealkylation sites (N-methyl/N-ethyl adjacent to an activating group) is 1. The summed E-state index contributed by atoms with van der Waals surface area (Å²) in [5.74, 6) is 0.916. The summed E-state index contributed by atoms with van der Waals surface area (Å²) in [6, 6.07) is 0.710. The predicted molar refractivity (Wildman–Crippen MR) is 80.1 cm³/mol. The molecule has 0 bridgehead atoms. The van der Waals surface area contributed by atoms with E-state index in [-0.39, 0.29) is 0 Å². The molecule has 0 aromatic rings. The molecular formula is C15H33N3. The van der Waals surface area contributed by atoms with Gasteiger partial charge in [-0.3, -0.25) is 0 Å². The Morgan fingerprint density at radius 1 is 1.22 bits per heavy atom. The van der Waals surface area contributed by atoms with E-state index in [2.05, 4.69) is 43.1 Å². The molecule has 1 aliphatic heterocycles. The van der Waals surface area contributed by atoms with E-state index in [1.165, 1.54) is 51.9 Å². The highest BCUT2D eigenvalue weighted by molar-refractivity contribution is 4.73. The van der Waals surface area contributed by atoms with Crippen LogP contribution in [0.3, 0.4) is 0 Å². The molecule has 1 aliphatic rings. The minimum Gasteiger partial charge on any atom is -0.313 e. The summed E-state index contributed by atoms with van der Waals surface area (Å²) >= 11 is 0. The first-order valence-corrected chi connectivity index (χ1v) is 7.76. The zero-order valence-corrected chi connectivity index (χ0v) is 12.9. The molecular weight excluding hydrogens is 222 g/mol. The maximum Gasteiger partial charge on any atom is 0.0104 e. The molecule has 3 nitrogen and oxygen atoms in total. The summed E-state index contributed by atoms with van der Waals surface area (Å²) in [6.07, 6.45) is 5.24. The lowest BCUT2D eigenvalue weighted by molar-refractivity contribution is 0.176. The zero-order chi connectivity index (χ0) is 13.4. The minimum absolute atomic E-state index is 0.710. The van der Waals surface area contributed by atoms with Crippen molar-refractivity contribution in [1.82, 2.24) is 15.1 Å². The van der Waals surface area contributed by atoms with Crippen LogP contribution in [0, 0.1) is 5.92 Å². The van der Waals surface area contributed by atoms with Crippen molar-refractivity contribution in [3.05, 3.63) is 0 Å². The fourth-order valence-electron chi connectivity index (χ4n) is 2.81. The summed E-state index contributed by atoms with van der Waals surface area (Å²) in [6.45, 7) is 10.7. The first-order valence-electron chi connectivity index (χ1n) is 7.76. The van der Waals surface area contributed by atoms with Crippen molar-refractivity contribution < 1.29 is 0 Å². The van der Waals surface area contributed by atoms with Gasteiger partial charge in [0.25, 0.3) is 0 Å². The number of likely N-dealkylation sites (tertiary alicyclic amines) is 1. The van der Waals surface area contributed by atoms with Crippen LogP contribution in [0.15, 0.2) is 0 Å². The molecule has 0 atom stereocenters. The molecule has 1 fully saturated rings. The molecule has 0 aromatic carbocycles. The third-order valence-electron chi connectivity index (χ3n) is 4.32. The Morgan fingerprint density at radius 2 is 1.83 bits per heavy atom. The van der Waals surface area contributed by atoms with E-state index in [0.717, 1.165) is 12.5 Å². The molecule has 1 rings (SSSR count). The summed E-state index contributed by atoms with van der Waals surface area (Å²) in [4.78, 5) is 4.95. The van der Waals surface area contributed by atoms with Gasteiger partial charge in [-0.25, -0.2) is 0 Å². The lowest BCUT2D eigenvalue weighted by Gasteiger charge is -2.31. The van der Waals surface area contributed by atoms with Crippen LogP contribution >= 0.6 is 0 Å². The Labute approximate surface area is 114 Å². The lowest BCUT2D eigenvalue weighted by Crippen LogP contribution is -2.39. The van der Waals surface area contributed by atoms with Crippen LogP contribution in [-0.4, -0.2) is 62.7 Å². The molecule has 0 aliphatic carbocycles. The monoisotopic (exact) mass is 255 g/mol. The lowest BCUT2D eigenvalue weighted by atomic mass is 9.97. The van der Waals surface area contributed by atoms with Gasteiger partial charge < -0.3 is 15.1 Å². The van der Waals surface area contributed by atoms with E-state index in [1.54, 1.807) is 0 Å². The second-order valence-corrected chi connectivity index (χ2v) is 5.98. The number of piperidine rings is 1. The zero-order valence-electron chi connectivity index (χ0n) is 12.9. The summed E-state index contributed by atoms with van der Waals surface area (Å²) in [5, 5.41) is 3.64. The Morgan fingerprint density at radius 3 is 2.39 bits per heavy atom. The van der Waals surface area contributed by atoms with Gasteiger partial charge >= 0.3 is 0 Å². The first-order chi connectivity index (χ1) is 8.65. The maximum absolute atomic E-state index is 3.64. The molecule has 0 radical (unpaired) electrons. The van der Waals surface area contributed by atoms with Crippen LogP contribution in [0.25, 0.3) is 0 Å². The summed E-state index contributed by atoms with van der Waals surface area (Å²) in [5.41, 5.74) is 0. The van der Waals surface area contributed by atoms with Gasteiger partial charge in [0.2, 0.25) is 0 Å². The van der Waals surface area contributed by atoms with E-state index < -0.39 is 0 Å². The van der Waals surface area contributed by atoms with Gasteiger partial charge in [0.1, 0.15) is 0 Å². The topological polar surface area (TPSA) is 18.5 Å². The minimum atomic E-state index is 0.710. The SMILES string of the molecule is CCC(CC)NCCN(C)CC1CCN(C)CC1. The van der Waals surface area contributed by atoms with Crippen molar-refractivity contribution >= 4 is 0 Å². The smallest absolute Gasteiger partial charge is 0.0104 e. The second kappa shape index (κ2) is 8.89. The van der Waals surface area contributed by atoms with Crippen LogP contribution in [0.2, 0.25) is 0 Å². The molecule has 1 saturated heterocycles. The predicted octanol–water partition coefficient (Wildman–Crippen LogP) is 2.04. The van der Waals surface area contributed by atoms with Crippen molar-refractivity contribution in [2.24, 2.45) is 5.92 Å². The molecule has 1 heterocycles. The number of rotatable bonds is 8. The van der Waals surface area contributed by atoms with Gasteiger partial charge in [0.15, 0.2) is 0 Å². The normalized spacial score (nSPS) is 19.0. The molecule has 1 N–H and O–H groups in total. The highest BCUT2D eigenvalue weighted by atomic mass is 15.1. The second-order valence-electron chi connectivity index (χ2n) is 5.98. The maximum atomic E-state index is 3.64. The van der Waals surface area contributed by atoms with E-state index in [9.17, 15) is 0 Å². The fraction of sp³-hybridized carbons (Fsp3) is 1.00. The van der Waals surface area contributed by atoms with Gasteiger partial charge in [-0.05, 0) is 58.8 Å². The van der Waals surface area contributed by atoms with Gasteiger partial charge in [0, 0.05) is 25.7 Å². The number of nitrogens with one attached hydrogen (secondary N) is 1. The van der Waals surface area contributed by atoms with E-state index in [0.29, 0.717) is 6.04 Å². The van der Waals surface area contributed by atoms with Crippen molar-refractivity contribution in [2.45, 2.75) is 45.6 Å². The molecule has 0 unspecified atom stereocenters. The Balaban J connectivity index is 2.08. The van der Waals surface area contributed by atoms with Crippen molar-refractivity contribution in [3.8, 4) is 0 Å². The highest BCUT2D eigenvalue weighted by Gasteiger charge is 2.17. The third-order valence-corrected chi connectivity index (χ3v) is 4.32. The fourth-order valence-corrected chi connectivity index (χ4v) is 2.81. The van der Waals surface area contributed by atoms with Gasteiger partial charge in [-0.1, -0.05) is 13.8 Å². The van der Waals surface area contributed by atoms with Crippen LogP contribution in [0.1, 0.15) is 39.5 Å². The molecule has 0 spiro atoms. The number of nitrogens with zero attached hydrogens (tertiary/aromatic N) is 2. The standard InChI is InChI=1S/C15H33N3/c1-5-15(6-2)16-9-12-18(4)13-14-7-10-17(3)11-8-14/h14-16H,5-13H2,1-4H3. The quantitative estimate of drug-likeness (QED) is 0.716. The van der Waals surface area contributed by atoms with E-state index >= 15 is 0 Å². The summed E-state index contributed by atoms with van der Waals surface area (Å²) in [7, 11) is 4.51.